The molecule has 1 heterocycles. The zero-order valence-corrected chi connectivity index (χ0v) is 18.9. The summed E-state index contributed by atoms with van der Waals surface area (Å²) in [6.45, 7) is 2.09. The smallest absolute Gasteiger partial charge is 0.163 e. The summed E-state index contributed by atoms with van der Waals surface area (Å²) in [6, 6.07) is 25.1. The van der Waals surface area contributed by atoms with Crippen LogP contribution in [0.3, 0.4) is 0 Å². The van der Waals surface area contributed by atoms with E-state index in [4.69, 9.17) is 0 Å². The number of benzene rings is 3. The number of hydrogen-bond acceptors (Lipinski definition) is 3. The van der Waals surface area contributed by atoms with Gasteiger partial charge in [-0.05, 0) is 77.2 Å². The van der Waals surface area contributed by atoms with Crippen molar-refractivity contribution in [3.05, 3.63) is 104 Å². The third-order valence-corrected chi connectivity index (χ3v) is 6.71. The van der Waals surface area contributed by atoms with Crippen LogP contribution in [0, 0.1) is 10.5 Å². The van der Waals surface area contributed by atoms with Crippen LogP contribution in [0.25, 0.3) is 0 Å². The minimum Gasteiger partial charge on any atom is -0.372 e. The first-order chi connectivity index (χ1) is 14.6. The molecular formula is C26H23IN2O. The number of fused-ring (bicyclic) bond motifs is 1. The number of hydrogen-bond donors (Lipinski definition) is 2. The van der Waals surface area contributed by atoms with Gasteiger partial charge in [0.15, 0.2) is 5.78 Å². The zero-order valence-electron chi connectivity index (χ0n) is 16.8. The summed E-state index contributed by atoms with van der Waals surface area (Å²) in [7, 11) is 0. The lowest BCUT2D eigenvalue weighted by atomic mass is 9.78. The van der Waals surface area contributed by atoms with Crippen molar-refractivity contribution in [2.75, 3.05) is 10.6 Å². The van der Waals surface area contributed by atoms with Crippen molar-refractivity contribution in [3.63, 3.8) is 0 Å². The molecule has 3 nitrogen and oxygen atoms in total. The summed E-state index contributed by atoms with van der Waals surface area (Å²) in [4.78, 5) is 13.5. The summed E-state index contributed by atoms with van der Waals surface area (Å²) >= 11 is 2.33. The van der Waals surface area contributed by atoms with Gasteiger partial charge in [-0.15, -0.1) is 0 Å². The van der Waals surface area contributed by atoms with Crippen molar-refractivity contribution in [1.29, 1.82) is 0 Å². The standard InChI is InChI=1S/C26H23IN2O/c1-16-9-11-17(12-10-16)19-14-23-25(24(30)15-19)26(18-5-4-6-20(27)13-18)29-22-8-3-2-7-21(22)28-23/h2-13,19,26,28-29H,14-15H2,1H3/t19-,26+/m1/s1. The summed E-state index contributed by atoms with van der Waals surface area (Å²) in [5, 5.41) is 7.26. The number of carbonyl (C=O) groups excluding carboxylic acids is 1. The molecule has 0 saturated heterocycles. The monoisotopic (exact) mass is 506 g/mol. The summed E-state index contributed by atoms with van der Waals surface area (Å²) in [5.74, 6) is 0.421. The van der Waals surface area contributed by atoms with E-state index in [0.717, 1.165) is 34.6 Å². The van der Waals surface area contributed by atoms with Gasteiger partial charge in [0, 0.05) is 21.3 Å². The molecule has 0 unspecified atom stereocenters. The molecule has 0 spiro atoms. The molecule has 2 N–H and O–H groups in total. The van der Waals surface area contributed by atoms with Gasteiger partial charge in [-0.25, -0.2) is 0 Å². The lowest BCUT2D eigenvalue weighted by molar-refractivity contribution is -0.116. The SMILES string of the molecule is Cc1ccc([C@H]2CC(=O)C3=C(C2)Nc2ccccc2N[C@H]3c2cccc(I)c2)cc1. The Morgan fingerprint density at radius 3 is 2.40 bits per heavy atom. The number of halogens is 1. The number of anilines is 2. The van der Waals surface area contributed by atoms with E-state index in [1.807, 2.05) is 12.1 Å². The van der Waals surface area contributed by atoms with Crippen LogP contribution in [0.15, 0.2) is 84.1 Å². The molecule has 0 amide bonds. The van der Waals surface area contributed by atoms with Crippen molar-refractivity contribution in [1.82, 2.24) is 0 Å². The lowest BCUT2D eigenvalue weighted by Gasteiger charge is -2.30. The Kier molecular flexibility index (Phi) is 5.11. The number of allylic oxidation sites excluding steroid dienone is 1. The normalized spacial score (nSPS) is 20.5. The van der Waals surface area contributed by atoms with Gasteiger partial charge in [0.1, 0.15) is 0 Å². The predicted octanol–water partition coefficient (Wildman–Crippen LogP) is 6.58. The van der Waals surface area contributed by atoms with Crippen LogP contribution in [0.1, 0.15) is 41.5 Å². The number of nitrogens with one attached hydrogen (secondary N) is 2. The van der Waals surface area contributed by atoms with Gasteiger partial charge in [-0.1, -0.05) is 54.1 Å². The Balaban J connectivity index is 1.61. The second kappa shape index (κ2) is 7.91. The predicted molar refractivity (Wildman–Crippen MR) is 131 cm³/mol. The average Bonchev–Trinajstić information content (AvgIpc) is 2.91. The van der Waals surface area contributed by atoms with Gasteiger partial charge in [0.05, 0.1) is 17.4 Å². The van der Waals surface area contributed by atoms with Gasteiger partial charge >= 0.3 is 0 Å². The quantitative estimate of drug-likeness (QED) is 0.386. The topological polar surface area (TPSA) is 41.1 Å². The molecule has 1 aliphatic heterocycles. The highest BCUT2D eigenvalue weighted by atomic mass is 127. The maximum atomic E-state index is 13.5. The van der Waals surface area contributed by atoms with Crippen LogP contribution >= 0.6 is 22.6 Å². The Morgan fingerprint density at radius 1 is 0.867 bits per heavy atom. The van der Waals surface area contributed by atoms with E-state index >= 15 is 0 Å². The van der Waals surface area contributed by atoms with Crippen LogP contribution in [0.4, 0.5) is 11.4 Å². The molecule has 4 heteroatoms. The fourth-order valence-corrected chi connectivity index (χ4v) is 5.07. The van der Waals surface area contributed by atoms with Crippen molar-refractivity contribution >= 4 is 39.7 Å². The molecule has 150 valence electrons. The van der Waals surface area contributed by atoms with Crippen molar-refractivity contribution in [2.45, 2.75) is 31.7 Å². The van der Waals surface area contributed by atoms with Crippen LogP contribution < -0.4 is 10.6 Å². The lowest BCUT2D eigenvalue weighted by Crippen LogP contribution is -2.26. The first kappa shape index (κ1) is 19.4. The van der Waals surface area contributed by atoms with Crippen LogP contribution in [0.5, 0.6) is 0 Å². The first-order valence-corrected chi connectivity index (χ1v) is 11.4. The maximum absolute atomic E-state index is 13.5. The molecule has 3 aromatic rings. The zero-order chi connectivity index (χ0) is 20.7. The molecule has 0 aromatic heterocycles. The van der Waals surface area contributed by atoms with E-state index in [2.05, 4.69) is 101 Å². The summed E-state index contributed by atoms with van der Waals surface area (Å²) in [6.07, 6.45) is 1.38. The fraction of sp³-hybridized carbons (Fsp3) is 0.192. The van der Waals surface area contributed by atoms with Crippen LogP contribution in [-0.2, 0) is 4.79 Å². The Labute approximate surface area is 190 Å². The van der Waals surface area contributed by atoms with Crippen molar-refractivity contribution in [3.8, 4) is 0 Å². The van der Waals surface area contributed by atoms with Crippen molar-refractivity contribution in [2.24, 2.45) is 0 Å². The molecule has 2 aliphatic rings. The molecule has 0 bridgehead atoms. The summed E-state index contributed by atoms with van der Waals surface area (Å²) in [5.41, 5.74) is 7.56. The highest BCUT2D eigenvalue weighted by Gasteiger charge is 2.36. The Morgan fingerprint density at radius 2 is 1.63 bits per heavy atom. The minimum atomic E-state index is -0.155. The number of carbonyl (C=O) groups is 1. The highest BCUT2D eigenvalue weighted by Crippen LogP contribution is 2.44. The minimum absolute atomic E-state index is 0.155. The first-order valence-electron chi connectivity index (χ1n) is 10.3. The molecule has 0 saturated carbocycles. The van der Waals surface area contributed by atoms with Crippen LogP contribution in [-0.4, -0.2) is 5.78 Å². The highest BCUT2D eigenvalue weighted by molar-refractivity contribution is 14.1. The van der Waals surface area contributed by atoms with E-state index < -0.39 is 0 Å². The largest absolute Gasteiger partial charge is 0.372 e. The second-order valence-corrected chi connectivity index (χ2v) is 9.38. The molecule has 5 rings (SSSR count). The van der Waals surface area contributed by atoms with Gasteiger partial charge in [-0.2, -0.15) is 0 Å². The van der Waals surface area contributed by atoms with Gasteiger partial charge < -0.3 is 10.6 Å². The molecule has 0 radical (unpaired) electrons. The molecule has 0 fully saturated rings. The fourth-order valence-electron chi connectivity index (χ4n) is 4.50. The van der Waals surface area contributed by atoms with E-state index in [-0.39, 0.29) is 17.7 Å². The molecular weight excluding hydrogens is 483 g/mol. The van der Waals surface area contributed by atoms with Gasteiger partial charge in [-0.3, -0.25) is 4.79 Å². The second-order valence-electron chi connectivity index (χ2n) is 8.13. The number of rotatable bonds is 2. The Bertz CT molecular complexity index is 1150. The van der Waals surface area contributed by atoms with E-state index in [1.165, 1.54) is 14.7 Å². The van der Waals surface area contributed by atoms with Gasteiger partial charge in [0.25, 0.3) is 0 Å². The number of Topliss-reactive ketones (excluding diaryl/α,β-unsaturated/α-hetero) is 1. The number of aryl methyl sites for hydroxylation is 1. The molecule has 2 atom stereocenters. The van der Waals surface area contributed by atoms with Crippen molar-refractivity contribution < 1.29 is 4.79 Å². The molecule has 30 heavy (non-hydrogen) atoms. The average molecular weight is 506 g/mol. The number of para-hydroxylation sites is 2. The van der Waals surface area contributed by atoms with Gasteiger partial charge in [0.2, 0.25) is 0 Å². The Hall–Kier alpha value is -2.60. The third kappa shape index (κ3) is 3.65. The van der Waals surface area contributed by atoms with Crippen LogP contribution in [0.2, 0.25) is 0 Å². The number of ketones is 1. The summed E-state index contributed by atoms with van der Waals surface area (Å²) < 4.78 is 1.17. The molecule has 1 aliphatic carbocycles. The third-order valence-electron chi connectivity index (χ3n) is 6.04. The van der Waals surface area contributed by atoms with E-state index in [9.17, 15) is 4.79 Å². The maximum Gasteiger partial charge on any atom is 0.163 e. The molecule has 3 aromatic carbocycles. The van der Waals surface area contributed by atoms with E-state index in [0.29, 0.717) is 6.42 Å². The van der Waals surface area contributed by atoms with E-state index in [1.54, 1.807) is 0 Å².